The van der Waals surface area contributed by atoms with Gasteiger partial charge in [-0.25, -0.2) is 0 Å². The highest BCUT2D eigenvalue weighted by molar-refractivity contribution is 9.10. The summed E-state index contributed by atoms with van der Waals surface area (Å²) in [6.07, 6.45) is 0.975. The summed E-state index contributed by atoms with van der Waals surface area (Å²) in [4.78, 5) is 4.35. The number of halogens is 3. The van der Waals surface area contributed by atoms with E-state index in [0.717, 1.165) is 23.0 Å². The molecule has 6 heteroatoms. The van der Waals surface area contributed by atoms with Gasteiger partial charge in [0.15, 0.2) is 0 Å². The van der Waals surface area contributed by atoms with Crippen molar-refractivity contribution in [2.45, 2.75) is 20.3 Å². The van der Waals surface area contributed by atoms with E-state index in [2.05, 4.69) is 33.2 Å². The molecule has 1 N–H and O–H groups in total. The summed E-state index contributed by atoms with van der Waals surface area (Å²) in [5.74, 6) is 1.59. The van der Waals surface area contributed by atoms with E-state index >= 15 is 0 Å². The van der Waals surface area contributed by atoms with Crippen LogP contribution in [0.3, 0.4) is 0 Å². The van der Waals surface area contributed by atoms with Crippen LogP contribution in [0.25, 0.3) is 0 Å². The predicted octanol–water partition coefficient (Wildman–Crippen LogP) is 6.07. The minimum atomic E-state index is 0.335. The zero-order chi connectivity index (χ0) is 15.4. The molecule has 0 saturated carbocycles. The van der Waals surface area contributed by atoms with Crippen LogP contribution in [0, 0.1) is 6.92 Å². The number of nitrogens with one attached hydrogen (secondary N) is 1. The van der Waals surface area contributed by atoms with Crippen molar-refractivity contribution in [2.75, 3.05) is 11.9 Å². The Balaban J connectivity index is 2.28. The standard InChI is InChI=1S/C15H15BrCl2N2O/c1-3-6-19-14-12(17)8-13(18)15(20-14)21-10-4-5-11(16)9(2)7-10/h4-5,7-8H,3,6H2,1-2H3,(H,19,20). The summed E-state index contributed by atoms with van der Waals surface area (Å²) in [7, 11) is 0. The first-order valence-corrected chi connectivity index (χ1v) is 8.10. The molecule has 2 rings (SSSR count). The fourth-order valence-corrected chi connectivity index (χ4v) is 2.39. The third-order valence-electron chi connectivity index (χ3n) is 2.78. The van der Waals surface area contributed by atoms with Crippen molar-refractivity contribution in [1.29, 1.82) is 0 Å². The van der Waals surface area contributed by atoms with E-state index in [1.54, 1.807) is 6.07 Å². The molecule has 3 nitrogen and oxygen atoms in total. The summed E-state index contributed by atoms with van der Waals surface area (Å²) in [6.45, 7) is 4.84. The van der Waals surface area contributed by atoms with E-state index in [9.17, 15) is 0 Å². The average molecular weight is 390 g/mol. The van der Waals surface area contributed by atoms with Gasteiger partial charge in [-0.2, -0.15) is 4.98 Å². The molecule has 2 aromatic rings. The zero-order valence-corrected chi connectivity index (χ0v) is 14.8. The number of pyridine rings is 1. The van der Waals surface area contributed by atoms with Gasteiger partial charge in [-0.1, -0.05) is 46.1 Å². The predicted molar refractivity (Wildman–Crippen MR) is 92.0 cm³/mol. The summed E-state index contributed by atoms with van der Waals surface area (Å²) in [6, 6.07) is 7.32. The highest BCUT2D eigenvalue weighted by Gasteiger charge is 2.11. The van der Waals surface area contributed by atoms with Crippen LogP contribution in [0.4, 0.5) is 5.82 Å². The molecule has 0 aliphatic heterocycles. The molecule has 1 heterocycles. The maximum absolute atomic E-state index is 6.15. The summed E-state index contributed by atoms with van der Waals surface area (Å²) >= 11 is 15.7. The quantitative estimate of drug-likeness (QED) is 0.673. The summed E-state index contributed by atoms with van der Waals surface area (Å²) in [5.41, 5.74) is 1.07. The van der Waals surface area contributed by atoms with Crippen molar-refractivity contribution in [3.8, 4) is 11.6 Å². The molecule has 0 spiro atoms. The van der Waals surface area contributed by atoms with E-state index in [4.69, 9.17) is 27.9 Å². The van der Waals surface area contributed by atoms with Crippen molar-refractivity contribution in [3.63, 3.8) is 0 Å². The molecule has 1 aromatic heterocycles. The van der Waals surface area contributed by atoms with Crippen LogP contribution in [-0.2, 0) is 0 Å². The first-order valence-electron chi connectivity index (χ1n) is 6.55. The number of benzene rings is 1. The van der Waals surface area contributed by atoms with Crippen molar-refractivity contribution < 1.29 is 4.74 Å². The second-order valence-corrected chi connectivity index (χ2v) is 6.21. The monoisotopic (exact) mass is 388 g/mol. The van der Waals surface area contributed by atoms with E-state index in [-0.39, 0.29) is 0 Å². The Kier molecular flexibility index (Phi) is 5.73. The molecule has 0 radical (unpaired) electrons. The van der Waals surface area contributed by atoms with Crippen molar-refractivity contribution >= 4 is 44.9 Å². The van der Waals surface area contributed by atoms with Gasteiger partial charge in [-0.3, -0.25) is 0 Å². The normalized spacial score (nSPS) is 10.5. The summed E-state index contributed by atoms with van der Waals surface area (Å²) < 4.78 is 6.78. The molecule has 1 aromatic carbocycles. The molecule has 0 aliphatic rings. The highest BCUT2D eigenvalue weighted by atomic mass is 79.9. The number of aryl methyl sites for hydroxylation is 1. The van der Waals surface area contributed by atoms with E-state index in [1.165, 1.54) is 0 Å². The Bertz CT molecular complexity index is 650. The molecule has 21 heavy (non-hydrogen) atoms. The number of anilines is 1. The van der Waals surface area contributed by atoms with Crippen LogP contribution in [0.15, 0.2) is 28.7 Å². The lowest BCUT2D eigenvalue weighted by molar-refractivity contribution is 0.463. The lowest BCUT2D eigenvalue weighted by atomic mass is 10.2. The second-order valence-electron chi connectivity index (χ2n) is 4.55. The average Bonchev–Trinajstić information content (AvgIpc) is 2.44. The molecular weight excluding hydrogens is 375 g/mol. The van der Waals surface area contributed by atoms with Gasteiger partial charge in [-0.15, -0.1) is 0 Å². The highest BCUT2D eigenvalue weighted by Crippen LogP contribution is 2.34. The molecular formula is C15H15BrCl2N2O. The SMILES string of the molecule is CCCNc1nc(Oc2ccc(Br)c(C)c2)c(Cl)cc1Cl. The smallest absolute Gasteiger partial charge is 0.240 e. The largest absolute Gasteiger partial charge is 0.437 e. The first-order chi connectivity index (χ1) is 10.0. The number of hydrogen-bond acceptors (Lipinski definition) is 3. The summed E-state index contributed by atoms with van der Waals surface area (Å²) in [5, 5.41) is 4.00. The van der Waals surface area contributed by atoms with E-state index < -0.39 is 0 Å². The topological polar surface area (TPSA) is 34.2 Å². The van der Waals surface area contributed by atoms with Crippen LogP contribution >= 0.6 is 39.1 Å². The lowest BCUT2D eigenvalue weighted by Crippen LogP contribution is -2.03. The Morgan fingerprint density at radius 1 is 1.24 bits per heavy atom. The van der Waals surface area contributed by atoms with E-state index in [0.29, 0.717) is 27.5 Å². The Morgan fingerprint density at radius 3 is 2.67 bits per heavy atom. The number of hydrogen-bond donors (Lipinski definition) is 1. The van der Waals surface area contributed by atoms with Gasteiger partial charge in [0.05, 0.1) is 5.02 Å². The zero-order valence-electron chi connectivity index (χ0n) is 11.7. The molecule has 0 unspecified atom stereocenters. The van der Waals surface area contributed by atoms with Crippen LogP contribution in [-0.4, -0.2) is 11.5 Å². The van der Waals surface area contributed by atoms with Gasteiger partial charge in [0, 0.05) is 11.0 Å². The van der Waals surface area contributed by atoms with Crippen LogP contribution in [0.1, 0.15) is 18.9 Å². The van der Waals surface area contributed by atoms with Gasteiger partial charge in [0.25, 0.3) is 0 Å². The molecule has 112 valence electrons. The number of rotatable bonds is 5. The Morgan fingerprint density at radius 2 is 2.00 bits per heavy atom. The lowest BCUT2D eigenvalue weighted by Gasteiger charge is -2.12. The Hall–Kier alpha value is -0.970. The molecule has 0 aliphatic carbocycles. The molecule has 0 fully saturated rings. The van der Waals surface area contributed by atoms with Crippen molar-refractivity contribution in [2.24, 2.45) is 0 Å². The fraction of sp³-hybridized carbons (Fsp3) is 0.267. The minimum absolute atomic E-state index is 0.335. The molecule has 0 atom stereocenters. The van der Waals surface area contributed by atoms with Gasteiger partial charge in [0.2, 0.25) is 5.88 Å². The van der Waals surface area contributed by atoms with Gasteiger partial charge >= 0.3 is 0 Å². The van der Waals surface area contributed by atoms with Crippen LogP contribution < -0.4 is 10.1 Å². The number of ether oxygens (including phenoxy) is 1. The Labute approximate surface area is 142 Å². The van der Waals surface area contributed by atoms with E-state index in [1.807, 2.05) is 25.1 Å². The maximum atomic E-state index is 6.15. The molecule has 0 saturated heterocycles. The molecule has 0 bridgehead atoms. The van der Waals surface area contributed by atoms with Gasteiger partial charge in [0.1, 0.15) is 16.6 Å². The third-order valence-corrected chi connectivity index (χ3v) is 4.23. The van der Waals surface area contributed by atoms with Crippen LogP contribution in [0.5, 0.6) is 11.6 Å². The maximum Gasteiger partial charge on any atom is 0.240 e. The first kappa shape index (κ1) is 16.4. The number of nitrogens with zero attached hydrogens (tertiary/aromatic N) is 1. The van der Waals surface area contributed by atoms with Crippen molar-refractivity contribution in [1.82, 2.24) is 4.98 Å². The molecule has 0 amide bonds. The minimum Gasteiger partial charge on any atom is -0.437 e. The van der Waals surface area contributed by atoms with Gasteiger partial charge in [-0.05, 0) is 43.2 Å². The fourth-order valence-electron chi connectivity index (χ4n) is 1.68. The van der Waals surface area contributed by atoms with Crippen molar-refractivity contribution in [3.05, 3.63) is 44.3 Å². The number of aromatic nitrogens is 1. The second kappa shape index (κ2) is 7.34. The van der Waals surface area contributed by atoms with Gasteiger partial charge < -0.3 is 10.1 Å². The van der Waals surface area contributed by atoms with Crippen LogP contribution in [0.2, 0.25) is 10.0 Å². The third kappa shape index (κ3) is 4.25.